The van der Waals surface area contributed by atoms with Gasteiger partial charge >= 0.3 is 0 Å². The topological polar surface area (TPSA) is 69.6 Å². The number of rotatable bonds is 40. The zero-order valence-corrected chi connectivity index (χ0v) is 35.9. The molecule has 0 spiro atoms. The summed E-state index contributed by atoms with van der Waals surface area (Å²) >= 11 is 0. The van der Waals surface area contributed by atoms with E-state index in [0.29, 0.717) is 6.42 Å². The number of nitrogens with one attached hydrogen (secondary N) is 1. The van der Waals surface area contributed by atoms with Crippen molar-refractivity contribution in [3.63, 3.8) is 0 Å². The molecule has 1 amide bonds. The Morgan fingerprint density at radius 3 is 1.27 bits per heavy atom. The van der Waals surface area contributed by atoms with Gasteiger partial charge in [-0.15, -0.1) is 0 Å². The summed E-state index contributed by atoms with van der Waals surface area (Å²) in [6.07, 6.45) is 68.2. The molecular weight excluding hydrogens is 675 g/mol. The molecule has 4 heteroatoms. The van der Waals surface area contributed by atoms with Crippen LogP contribution in [0, 0.1) is 0 Å². The van der Waals surface area contributed by atoms with Crippen LogP contribution >= 0.6 is 0 Å². The Hall–Kier alpha value is -2.69. The Bertz CT molecular complexity index is 1050. The molecule has 0 bridgehead atoms. The van der Waals surface area contributed by atoms with Gasteiger partial charge in [0, 0.05) is 6.42 Å². The maximum Gasteiger partial charge on any atom is 0.220 e. The molecule has 0 radical (unpaired) electrons. The minimum Gasteiger partial charge on any atom is -0.394 e. The van der Waals surface area contributed by atoms with Gasteiger partial charge in [0.2, 0.25) is 5.91 Å². The SMILES string of the molecule is CC/C=C\C/C=C\C/C=C\C/C=C\C/C=C\CCCC(=O)NC(CO)C(O)/C=C/CC/C=C/CC/C=C/CCCCCCCCCCCCCCCCCC. The minimum absolute atomic E-state index is 0.138. The Morgan fingerprint density at radius 2 is 0.818 bits per heavy atom. The van der Waals surface area contributed by atoms with Crippen LogP contribution < -0.4 is 5.32 Å². The summed E-state index contributed by atoms with van der Waals surface area (Å²) in [5.74, 6) is -0.138. The number of hydrogen-bond acceptors (Lipinski definition) is 3. The molecule has 0 rings (SSSR count). The van der Waals surface area contributed by atoms with Crippen molar-refractivity contribution in [3.05, 3.63) is 97.2 Å². The molecule has 0 aromatic rings. The van der Waals surface area contributed by atoms with Gasteiger partial charge < -0.3 is 15.5 Å². The molecular formula is C51H87NO3. The highest BCUT2D eigenvalue weighted by Crippen LogP contribution is 2.14. The molecule has 0 heterocycles. The van der Waals surface area contributed by atoms with Crippen molar-refractivity contribution in [1.29, 1.82) is 0 Å². The fraction of sp³-hybridized carbons (Fsp3) is 0.667. The van der Waals surface area contributed by atoms with Crippen molar-refractivity contribution in [3.8, 4) is 0 Å². The van der Waals surface area contributed by atoms with Crippen molar-refractivity contribution in [2.45, 2.75) is 212 Å². The molecule has 0 saturated carbocycles. The standard InChI is InChI=1S/C51H87NO3/c1-3-5-7-9-11-13-15-17-19-21-22-23-24-25-26-27-28-29-31-32-34-36-38-40-42-44-46-50(54)49(48-53)52-51(55)47-45-43-41-39-37-35-33-30-20-18-16-14-12-10-8-6-4-2/h6,8,12,14,18,20,29,31,33,35-36,38-39,41,44,46,49-50,53-54H,3-5,7,9-11,13,15-17,19,21-28,30,32,34,37,40,42-43,45,47-48H2,1-2H3,(H,52,55)/b8-6-,14-12-,20-18-,31-29+,35-33-,38-36+,41-39-,46-44+. The van der Waals surface area contributed by atoms with Crippen molar-refractivity contribution in [1.82, 2.24) is 5.32 Å². The third kappa shape index (κ3) is 42.3. The smallest absolute Gasteiger partial charge is 0.220 e. The van der Waals surface area contributed by atoms with Gasteiger partial charge in [0.05, 0.1) is 18.8 Å². The number of hydrogen-bond donors (Lipinski definition) is 3. The average Bonchev–Trinajstić information content (AvgIpc) is 3.19. The third-order valence-electron chi connectivity index (χ3n) is 9.78. The Kier molecular flexibility index (Phi) is 43.5. The van der Waals surface area contributed by atoms with Crippen LogP contribution in [0.15, 0.2) is 97.2 Å². The fourth-order valence-electron chi connectivity index (χ4n) is 6.30. The first-order valence-corrected chi connectivity index (χ1v) is 23.0. The molecule has 0 aliphatic heterocycles. The lowest BCUT2D eigenvalue weighted by Crippen LogP contribution is -2.45. The molecule has 3 N–H and O–H groups in total. The highest BCUT2D eigenvalue weighted by Gasteiger charge is 2.17. The highest BCUT2D eigenvalue weighted by molar-refractivity contribution is 5.76. The monoisotopic (exact) mass is 762 g/mol. The van der Waals surface area contributed by atoms with E-state index >= 15 is 0 Å². The van der Waals surface area contributed by atoms with Crippen molar-refractivity contribution in [2.75, 3.05) is 6.61 Å². The Labute approximate surface area is 341 Å². The first kappa shape index (κ1) is 52.3. The molecule has 0 aromatic heterocycles. The van der Waals surface area contributed by atoms with E-state index < -0.39 is 12.1 Å². The zero-order chi connectivity index (χ0) is 40.0. The van der Waals surface area contributed by atoms with E-state index in [9.17, 15) is 15.0 Å². The number of allylic oxidation sites excluding steroid dienone is 15. The van der Waals surface area contributed by atoms with Gasteiger partial charge in [-0.25, -0.2) is 0 Å². The number of amides is 1. The highest BCUT2D eigenvalue weighted by atomic mass is 16.3. The van der Waals surface area contributed by atoms with E-state index in [-0.39, 0.29) is 12.5 Å². The van der Waals surface area contributed by atoms with Crippen LogP contribution in [0.5, 0.6) is 0 Å². The molecule has 0 aliphatic carbocycles. The van der Waals surface area contributed by atoms with E-state index in [1.807, 2.05) is 6.08 Å². The lowest BCUT2D eigenvalue weighted by Gasteiger charge is -2.19. The molecule has 314 valence electrons. The van der Waals surface area contributed by atoms with Crippen LogP contribution in [0.25, 0.3) is 0 Å². The second-order valence-corrected chi connectivity index (χ2v) is 15.1. The summed E-state index contributed by atoms with van der Waals surface area (Å²) in [5, 5.41) is 22.9. The zero-order valence-electron chi connectivity index (χ0n) is 35.9. The van der Waals surface area contributed by atoms with Crippen LogP contribution in [-0.2, 0) is 4.79 Å². The lowest BCUT2D eigenvalue weighted by molar-refractivity contribution is -0.122. The second-order valence-electron chi connectivity index (χ2n) is 15.1. The van der Waals surface area contributed by atoms with Crippen molar-refractivity contribution in [2.24, 2.45) is 0 Å². The van der Waals surface area contributed by atoms with E-state index in [1.165, 1.54) is 109 Å². The molecule has 4 nitrogen and oxygen atoms in total. The molecule has 0 aromatic carbocycles. The van der Waals surface area contributed by atoms with Gasteiger partial charge in [0.1, 0.15) is 0 Å². The van der Waals surface area contributed by atoms with E-state index in [2.05, 4.69) is 104 Å². The maximum absolute atomic E-state index is 12.4. The Balaban J connectivity index is 3.72. The lowest BCUT2D eigenvalue weighted by atomic mass is 10.0. The summed E-state index contributed by atoms with van der Waals surface area (Å²) in [6, 6.07) is -0.681. The van der Waals surface area contributed by atoms with E-state index in [1.54, 1.807) is 6.08 Å². The van der Waals surface area contributed by atoms with Crippen LogP contribution in [-0.4, -0.2) is 34.9 Å². The number of aliphatic hydroxyl groups excluding tert-OH is 2. The number of carbonyl (C=O) groups excluding carboxylic acids is 1. The molecule has 0 saturated heterocycles. The van der Waals surface area contributed by atoms with Crippen LogP contribution in [0.3, 0.4) is 0 Å². The first-order valence-electron chi connectivity index (χ1n) is 23.0. The first-order chi connectivity index (χ1) is 27.2. The quantitative estimate of drug-likeness (QED) is 0.0430. The normalized spacial score (nSPS) is 13.9. The van der Waals surface area contributed by atoms with Gasteiger partial charge in [0.15, 0.2) is 0 Å². The summed E-state index contributed by atoms with van der Waals surface area (Å²) < 4.78 is 0. The third-order valence-corrected chi connectivity index (χ3v) is 9.78. The second kappa shape index (κ2) is 45.7. The van der Waals surface area contributed by atoms with Crippen LogP contribution in [0.2, 0.25) is 0 Å². The molecule has 55 heavy (non-hydrogen) atoms. The average molecular weight is 762 g/mol. The summed E-state index contributed by atoms with van der Waals surface area (Å²) in [5.41, 5.74) is 0. The van der Waals surface area contributed by atoms with E-state index in [0.717, 1.165) is 70.6 Å². The van der Waals surface area contributed by atoms with Gasteiger partial charge in [-0.05, 0) is 83.5 Å². The maximum atomic E-state index is 12.4. The molecule has 2 unspecified atom stereocenters. The predicted octanol–water partition coefficient (Wildman–Crippen LogP) is 14.6. The van der Waals surface area contributed by atoms with Crippen LogP contribution in [0.4, 0.5) is 0 Å². The van der Waals surface area contributed by atoms with Crippen molar-refractivity contribution >= 4 is 5.91 Å². The van der Waals surface area contributed by atoms with Crippen LogP contribution in [0.1, 0.15) is 200 Å². The largest absolute Gasteiger partial charge is 0.394 e. The van der Waals surface area contributed by atoms with Crippen molar-refractivity contribution < 1.29 is 15.0 Å². The number of unbranched alkanes of at least 4 members (excludes halogenated alkanes) is 19. The predicted molar refractivity (Wildman–Crippen MR) is 243 cm³/mol. The minimum atomic E-state index is -0.900. The van der Waals surface area contributed by atoms with Gasteiger partial charge in [-0.2, -0.15) is 0 Å². The fourth-order valence-corrected chi connectivity index (χ4v) is 6.30. The van der Waals surface area contributed by atoms with Gasteiger partial charge in [-0.1, -0.05) is 207 Å². The molecule has 0 aliphatic rings. The summed E-state index contributed by atoms with van der Waals surface area (Å²) in [4.78, 5) is 12.4. The molecule has 2 atom stereocenters. The molecule has 0 fully saturated rings. The number of carbonyl (C=O) groups is 1. The van der Waals surface area contributed by atoms with Gasteiger partial charge in [0.25, 0.3) is 0 Å². The number of aliphatic hydroxyl groups is 2. The Morgan fingerprint density at radius 1 is 0.455 bits per heavy atom. The van der Waals surface area contributed by atoms with E-state index in [4.69, 9.17) is 0 Å². The summed E-state index contributed by atoms with van der Waals surface area (Å²) in [7, 11) is 0. The summed E-state index contributed by atoms with van der Waals surface area (Å²) in [6.45, 7) is 4.15. The van der Waals surface area contributed by atoms with Gasteiger partial charge in [-0.3, -0.25) is 4.79 Å².